The maximum atomic E-state index is 6.50. The predicted octanol–water partition coefficient (Wildman–Crippen LogP) is 5.59. The lowest BCUT2D eigenvalue weighted by molar-refractivity contribution is 0.916. The van der Waals surface area contributed by atoms with Crippen LogP contribution in [0.5, 0.6) is 0 Å². The van der Waals surface area contributed by atoms with E-state index in [2.05, 4.69) is 72.2 Å². The van der Waals surface area contributed by atoms with Crippen molar-refractivity contribution in [2.45, 2.75) is 25.6 Å². The van der Waals surface area contributed by atoms with Crippen LogP contribution < -0.4 is 0 Å². The summed E-state index contributed by atoms with van der Waals surface area (Å²) in [4.78, 5) is 0. The average molecular weight is 324 g/mol. The van der Waals surface area contributed by atoms with E-state index < -0.39 is 0 Å². The molecule has 0 aromatic heterocycles. The largest absolute Gasteiger partial charge is 0.117 e. The van der Waals surface area contributed by atoms with E-state index in [1.54, 1.807) is 0 Å². The SMILES string of the molecule is Cc1ccc(CC(Cl)c2cc(C)cc(Br)c2)cc1. The minimum absolute atomic E-state index is 0.0175. The molecule has 2 aromatic rings. The zero-order chi connectivity index (χ0) is 13.1. The molecule has 0 aliphatic carbocycles. The van der Waals surface area contributed by atoms with Crippen LogP contribution in [0.1, 0.15) is 27.6 Å². The van der Waals surface area contributed by atoms with Gasteiger partial charge in [0.2, 0.25) is 0 Å². The number of halogens is 2. The number of alkyl halides is 1. The zero-order valence-corrected chi connectivity index (χ0v) is 12.9. The molecule has 0 fully saturated rings. The van der Waals surface area contributed by atoms with Crippen LogP contribution in [0.15, 0.2) is 46.9 Å². The second-order valence-electron chi connectivity index (χ2n) is 4.72. The Morgan fingerprint density at radius 1 is 1.00 bits per heavy atom. The van der Waals surface area contributed by atoms with E-state index in [0.29, 0.717) is 0 Å². The van der Waals surface area contributed by atoms with Gasteiger partial charge in [0.25, 0.3) is 0 Å². The molecule has 0 aliphatic rings. The standard InChI is InChI=1S/C16H16BrCl/c1-11-3-5-13(6-4-11)9-16(18)14-7-12(2)8-15(17)10-14/h3-8,10,16H,9H2,1-2H3. The van der Waals surface area contributed by atoms with Gasteiger partial charge in [-0.3, -0.25) is 0 Å². The van der Waals surface area contributed by atoms with Crippen molar-refractivity contribution in [1.29, 1.82) is 0 Å². The number of aryl methyl sites for hydroxylation is 2. The molecule has 0 nitrogen and oxygen atoms in total. The van der Waals surface area contributed by atoms with Gasteiger partial charge in [-0.1, -0.05) is 51.8 Å². The maximum absolute atomic E-state index is 6.50. The van der Waals surface area contributed by atoms with Crippen LogP contribution in [0.3, 0.4) is 0 Å². The van der Waals surface area contributed by atoms with Crippen molar-refractivity contribution in [3.8, 4) is 0 Å². The van der Waals surface area contributed by atoms with Gasteiger partial charge in [-0.25, -0.2) is 0 Å². The molecule has 18 heavy (non-hydrogen) atoms. The van der Waals surface area contributed by atoms with E-state index in [1.165, 1.54) is 22.3 Å². The molecular formula is C16H16BrCl. The van der Waals surface area contributed by atoms with Gasteiger partial charge in [0.1, 0.15) is 0 Å². The second kappa shape index (κ2) is 5.90. The minimum atomic E-state index is 0.0175. The van der Waals surface area contributed by atoms with Crippen LogP contribution in [0.25, 0.3) is 0 Å². The molecule has 2 rings (SSSR count). The molecule has 0 saturated carbocycles. The van der Waals surface area contributed by atoms with Crippen molar-refractivity contribution in [2.24, 2.45) is 0 Å². The summed E-state index contributed by atoms with van der Waals surface area (Å²) in [6.07, 6.45) is 0.859. The third-order valence-corrected chi connectivity index (χ3v) is 3.83. The molecule has 1 atom stereocenters. The fraction of sp³-hybridized carbons (Fsp3) is 0.250. The van der Waals surface area contributed by atoms with Crippen LogP contribution in [-0.4, -0.2) is 0 Å². The van der Waals surface area contributed by atoms with Gasteiger partial charge in [0.05, 0.1) is 5.38 Å². The van der Waals surface area contributed by atoms with Crippen molar-refractivity contribution in [3.05, 3.63) is 69.2 Å². The summed E-state index contributed by atoms with van der Waals surface area (Å²) < 4.78 is 1.09. The van der Waals surface area contributed by atoms with Gasteiger partial charge in [-0.15, -0.1) is 11.6 Å². The van der Waals surface area contributed by atoms with Crippen LogP contribution in [0, 0.1) is 13.8 Å². The van der Waals surface area contributed by atoms with E-state index in [-0.39, 0.29) is 5.38 Å². The lowest BCUT2D eigenvalue weighted by Gasteiger charge is -2.12. The van der Waals surface area contributed by atoms with Gasteiger partial charge in [-0.05, 0) is 49.1 Å². The molecule has 0 aliphatic heterocycles. The van der Waals surface area contributed by atoms with Gasteiger partial charge in [0, 0.05) is 4.47 Å². The fourth-order valence-corrected chi connectivity index (χ4v) is 2.92. The Hall–Kier alpha value is -0.790. The smallest absolute Gasteiger partial charge is 0.0626 e. The van der Waals surface area contributed by atoms with Crippen molar-refractivity contribution in [2.75, 3.05) is 0 Å². The molecule has 0 heterocycles. The van der Waals surface area contributed by atoms with Crippen LogP contribution in [-0.2, 0) is 6.42 Å². The lowest BCUT2D eigenvalue weighted by Crippen LogP contribution is -1.96. The molecule has 0 saturated heterocycles. The molecule has 2 aromatic carbocycles. The van der Waals surface area contributed by atoms with Gasteiger partial charge >= 0.3 is 0 Å². The normalized spacial score (nSPS) is 12.4. The first-order valence-electron chi connectivity index (χ1n) is 6.01. The van der Waals surface area contributed by atoms with Crippen molar-refractivity contribution in [3.63, 3.8) is 0 Å². The fourth-order valence-electron chi connectivity index (χ4n) is 1.99. The van der Waals surface area contributed by atoms with Crippen molar-refractivity contribution in [1.82, 2.24) is 0 Å². The van der Waals surface area contributed by atoms with Crippen molar-refractivity contribution < 1.29 is 0 Å². The Labute approximate surface area is 122 Å². The maximum Gasteiger partial charge on any atom is 0.0626 e. The number of benzene rings is 2. The number of hydrogen-bond acceptors (Lipinski definition) is 0. The van der Waals surface area contributed by atoms with E-state index in [4.69, 9.17) is 11.6 Å². The summed E-state index contributed by atoms with van der Waals surface area (Å²) in [5.41, 5.74) is 4.96. The van der Waals surface area contributed by atoms with Gasteiger partial charge in [0.15, 0.2) is 0 Å². The molecule has 0 bridgehead atoms. The molecule has 0 amide bonds. The molecule has 94 valence electrons. The van der Waals surface area contributed by atoms with Crippen LogP contribution in [0.4, 0.5) is 0 Å². The highest BCUT2D eigenvalue weighted by Crippen LogP contribution is 2.28. The number of rotatable bonds is 3. The Balaban J connectivity index is 2.16. The van der Waals surface area contributed by atoms with Crippen LogP contribution in [0.2, 0.25) is 0 Å². The molecule has 2 heteroatoms. The monoisotopic (exact) mass is 322 g/mol. The Bertz CT molecular complexity index is 511. The van der Waals surface area contributed by atoms with Gasteiger partial charge in [-0.2, -0.15) is 0 Å². The summed E-state index contributed by atoms with van der Waals surface area (Å²) >= 11 is 10.0. The Kier molecular flexibility index (Phi) is 4.47. The molecule has 1 unspecified atom stereocenters. The number of hydrogen-bond donors (Lipinski definition) is 0. The van der Waals surface area contributed by atoms with Gasteiger partial charge < -0.3 is 0 Å². The highest BCUT2D eigenvalue weighted by Gasteiger charge is 2.10. The zero-order valence-electron chi connectivity index (χ0n) is 10.6. The van der Waals surface area contributed by atoms with E-state index in [9.17, 15) is 0 Å². The molecule has 0 spiro atoms. The molecule has 0 N–H and O–H groups in total. The molecular weight excluding hydrogens is 308 g/mol. The first-order valence-corrected chi connectivity index (χ1v) is 7.24. The summed E-state index contributed by atoms with van der Waals surface area (Å²) in [5.74, 6) is 0. The first-order chi connectivity index (χ1) is 8.54. The Morgan fingerprint density at radius 2 is 1.67 bits per heavy atom. The topological polar surface area (TPSA) is 0 Å². The highest BCUT2D eigenvalue weighted by molar-refractivity contribution is 9.10. The third-order valence-electron chi connectivity index (χ3n) is 2.96. The van der Waals surface area contributed by atoms with E-state index in [1.807, 2.05) is 0 Å². The lowest BCUT2D eigenvalue weighted by atomic mass is 10.0. The average Bonchev–Trinajstić information content (AvgIpc) is 2.31. The predicted molar refractivity (Wildman–Crippen MR) is 82.4 cm³/mol. The summed E-state index contributed by atoms with van der Waals surface area (Å²) in [5, 5.41) is 0.0175. The Morgan fingerprint density at radius 3 is 2.28 bits per heavy atom. The van der Waals surface area contributed by atoms with Crippen molar-refractivity contribution >= 4 is 27.5 Å². The van der Waals surface area contributed by atoms with E-state index >= 15 is 0 Å². The third kappa shape index (κ3) is 3.60. The first kappa shape index (κ1) is 13.6. The second-order valence-corrected chi connectivity index (χ2v) is 6.16. The summed E-state index contributed by atoms with van der Waals surface area (Å²) in [7, 11) is 0. The summed E-state index contributed by atoms with van der Waals surface area (Å²) in [6.45, 7) is 4.18. The highest BCUT2D eigenvalue weighted by atomic mass is 79.9. The minimum Gasteiger partial charge on any atom is -0.117 e. The molecule has 0 radical (unpaired) electrons. The van der Waals surface area contributed by atoms with Crippen LogP contribution >= 0.6 is 27.5 Å². The summed E-state index contributed by atoms with van der Waals surface area (Å²) in [6, 6.07) is 14.9. The quantitative estimate of drug-likeness (QED) is 0.646. The van der Waals surface area contributed by atoms with E-state index in [0.717, 1.165) is 10.9 Å².